The van der Waals surface area contributed by atoms with Crippen LogP contribution in [0.15, 0.2) is 48.7 Å². The minimum Gasteiger partial charge on any atom is -0.459 e. The molecule has 0 amide bonds. The zero-order valence-corrected chi connectivity index (χ0v) is 14.8. The smallest absolute Gasteiger partial charge is 0.361 e. The van der Waals surface area contributed by atoms with Crippen LogP contribution < -0.4 is 4.74 Å². The molecule has 0 aliphatic carbocycles. The highest BCUT2D eigenvalue weighted by atomic mass is 16.7. The maximum Gasteiger partial charge on any atom is 0.361 e. The molecule has 0 spiro atoms. The number of ether oxygens (including phenoxy) is 3. The Hall–Kier alpha value is -2.56. The molecule has 5 atom stereocenters. The number of esters is 1. The molecule has 2 aromatic rings. The van der Waals surface area contributed by atoms with Crippen LogP contribution in [-0.2, 0) is 16.1 Å². The number of aliphatic hydroxyl groups excluding tert-OH is 4. The molecule has 1 aliphatic rings. The minimum absolute atomic E-state index is 0.0371. The van der Waals surface area contributed by atoms with Gasteiger partial charge in [0.1, 0.15) is 31.0 Å². The van der Waals surface area contributed by atoms with Crippen LogP contribution in [0.4, 0.5) is 0 Å². The third kappa shape index (κ3) is 4.46. The van der Waals surface area contributed by atoms with E-state index in [0.717, 1.165) is 5.56 Å². The van der Waals surface area contributed by atoms with Gasteiger partial charge in [-0.1, -0.05) is 30.3 Å². The van der Waals surface area contributed by atoms with E-state index in [-0.39, 0.29) is 18.1 Å². The zero-order valence-electron chi connectivity index (χ0n) is 14.8. The largest absolute Gasteiger partial charge is 0.459 e. The second-order valence-electron chi connectivity index (χ2n) is 6.23. The lowest BCUT2D eigenvalue weighted by Gasteiger charge is -2.39. The van der Waals surface area contributed by atoms with Gasteiger partial charge in [-0.25, -0.2) is 9.78 Å². The lowest BCUT2D eigenvalue weighted by atomic mass is 9.99. The fraction of sp³-hybridized carbons (Fsp3) is 0.368. The van der Waals surface area contributed by atoms with Crippen LogP contribution in [0.3, 0.4) is 0 Å². The van der Waals surface area contributed by atoms with Crippen molar-refractivity contribution in [2.75, 3.05) is 6.61 Å². The first-order valence-corrected chi connectivity index (χ1v) is 8.64. The van der Waals surface area contributed by atoms with Crippen LogP contribution in [0.5, 0.6) is 5.75 Å². The lowest BCUT2D eigenvalue weighted by molar-refractivity contribution is -0.277. The van der Waals surface area contributed by atoms with Gasteiger partial charge in [-0.3, -0.25) is 0 Å². The van der Waals surface area contributed by atoms with E-state index in [2.05, 4.69) is 4.98 Å². The summed E-state index contributed by atoms with van der Waals surface area (Å²) in [7, 11) is 0. The van der Waals surface area contributed by atoms with Crippen molar-refractivity contribution in [2.24, 2.45) is 0 Å². The number of aliphatic hydroxyl groups is 4. The number of benzene rings is 1. The Balaban J connectivity index is 1.72. The van der Waals surface area contributed by atoms with Gasteiger partial charge in [-0.05, 0) is 17.7 Å². The normalized spacial score (nSPS) is 27.2. The Bertz CT molecular complexity index is 785. The highest BCUT2D eigenvalue weighted by molar-refractivity contribution is 5.90. The van der Waals surface area contributed by atoms with Gasteiger partial charge in [0.25, 0.3) is 0 Å². The van der Waals surface area contributed by atoms with Gasteiger partial charge in [0, 0.05) is 6.20 Å². The van der Waals surface area contributed by atoms with Crippen LogP contribution in [0.1, 0.15) is 16.1 Å². The summed E-state index contributed by atoms with van der Waals surface area (Å²) < 4.78 is 16.0. The molecule has 0 radical (unpaired) electrons. The molecule has 1 aliphatic heterocycles. The average Bonchev–Trinajstić information content (AvgIpc) is 2.73. The summed E-state index contributed by atoms with van der Waals surface area (Å²) in [6, 6.07) is 12.0. The van der Waals surface area contributed by atoms with E-state index in [0.29, 0.717) is 0 Å². The Morgan fingerprint density at radius 1 is 1.04 bits per heavy atom. The lowest BCUT2D eigenvalue weighted by Crippen LogP contribution is -2.60. The Kier molecular flexibility index (Phi) is 6.55. The van der Waals surface area contributed by atoms with E-state index in [1.165, 1.54) is 18.3 Å². The molecule has 3 rings (SSSR count). The van der Waals surface area contributed by atoms with Gasteiger partial charge in [0.15, 0.2) is 11.4 Å². The van der Waals surface area contributed by atoms with Gasteiger partial charge >= 0.3 is 5.97 Å². The molecule has 0 bridgehead atoms. The summed E-state index contributed by atoms with van der Waals surface area (Å²) >= 11 is 0. The van der Waals surface area contributed by atoms with E-state index in [1.807, 2.05) is 18.2 Å². The van der Waals surface area contributed by atoms with Gasteiger partial charge in [-0.2, -0.15) is 0 Å². The first-order valence-electron chi connectivity index (χ1n) is 8.64. The SMILES string of the molecule is O=C(OCc1ccccc1)c1ncccc1O[C@@H]1O[C@H](CO)[C@H](O)[C@H](O)[C@H]1O. The quantitative estimate of drug-likeness (QED) is 0.485. The number of nitrogens with zero attached hydrogens (tertiary/aromatic N) is 1. The average molecular weight is 391 g/mol. The number of aromatic nitrogens is 1. The topological polar surface area (TPSA) is 139 Å². The molecule has 9 nitrogen and oxygen atoms in total. The van der Waals surface area contributed by atoms with E-state index in [4.69, 9.17) is 14.2 Å². The molecule has 1 aromatic carbocycles. The van der Waals surface area contributed by atoms with Gasteiger partial charge in [-0.15, -0.1) is 0 Å². The summed E-state index contributed by atoms with van der Waals surface area (Å²) in [5, 5.41) is 39.0. The van der Waals surface area contributed by atoms with E-state index >= 15 is 0 Å². The maximum atomic E-state index is 12.4. The number of pyridine rings is 1. The molecule has 4 N–H and O–H groups in total. The number of hydrogen-bond donors (Lipinski definition) is 4. The maximum absolute atomic E-state index is 12.4. The second-order valence-corrected chi connectivity index (χ2v) is 6.23. The summed E-state index contributed by atoms with van der Waals surface area (Å²) in [5.41, 5.74) is 0.651. The monoisotopic (exact) mass is 391 g/mol. The molecule has 0 saturated carbocycles. The van der Waals surface area contributed by atoms with Crippen molar-refractivity contribution < 1.29 is 39.4 Å². The van der Waals surface area contributed by atoms with E-state index in [1.54, 1.807) is 12.1 Å². The molecule has 1 fully saturated rings. The van der Waals surface area contributed by atoms with E-state index < -0.39 is 43.3 Å². The van der Waals surface area contributed by atoms with E-state index in [9.17, 15) is 25.2 Å². The summed E-state index contributed by atoms with van der Waals surface area (Å²) in [6.45, 7) is -0.556. The van der Waals surface area contributed by atoms with Crippen molar-refractivity contribution in [3.63, 3.8) is 0 Å². The minimum atomic E-state index is -1.61. The van der Waals surface area contributed by atoms with Gasteiger partial charge in [0.2, 0.25) is 6.29 Å². The van der Waals surface area contributed by atoms with Crippen molar-refractivity contribution in [1.29, 1.82) is 0 Å². The third-order valence-corrected chi connectivity index (χ3v) is 4.27. The molecule has 2 heterocycles. The zero-order chi connectivity index (χ0) is 20.1. The van der Waals surface area contributed by atoms with Crippen molar-refractivity contribution in [3.8, 4) is 5.75 Å². The Labute approximate surface area is 160 Å². The molecule has 150 valence electrons. The van der Waals surface area contributed by atoms with Gasteiger partial charge < -0.3 is 34.6 Å². The standard InChI is InChI=1S/C19H21NO8/c21-9-13-15(22)16(23)17(24)19(28-13)27-12-7-4-8-20-14(12)18(25)26-10-11-5-2-1-3-6-11/h1-8,13,15-17,19,21-24H,9-10H2/t13-,15+,16+,17-,19-/m1/s1. The first-order chi connectivity index (χ1) is 13.5. The van der Waals surface area contributed by atoms with Crippen molar-refractivity contribution >= 4 is 5.97 Å². The van der Waals surface area contributed by atoms with Gasteiger partial charge in [0.05, 0.1) is 6.61 Å². The fourth-order valence-electron chi connectivity index (χ4n) is 2.72. The second kappa shape index (κ2) is 9.09. The molecular weight excluding hydrogens is 370 g/mol. The number of carbonyl (C=O) groups is 1. The number of rotatable bonds is 6. The number of carbonyl (C=O) groups excluding carboxylic acids is 1. The van der Waals surface area contributed by atoms with Crippen molar-refractivity contribution in [2.45, 2.75) is 37.3 Å². The predicted octanol–water partition coefficient (Wildman–Crippen LogP) is -0.383. The summed E-state index contributed by atoms with van der Waals surface area (Å²) in [4.78, 5) is 16.4. The van der Waals surface area contributed by atoms with Crippen molar-refractivity contribution in [1.82, 2.24) is 4.98 Å². The Morgan fingerprint density at radius 3 is 2.50 bits per heavy atom. The van der Waals surface area contributed by atoms with Crippen LogP contribution in [-0.4, -0.2) is 68.7 Å². The molecule has 28 heavy (non-hydrogen) atoms. The van der Waals surface area contributed by atoms with Crippen LogP contribution >= 0.6 is 0 Å². The van der Waals surface area contributed by atoms with Crippen LogP contribution in [0.2, 0.25) is 0 Å². The third-order valence-electron chi connectivity index (χ3n) is 4.27. The van der Waals surface area contributed by atoms with Crippen LogP contribution in [0.25, 0.3) is 0 Å². The molecule has 9 heteroatoms. The van der Waals surface area contributed by atoms with Crippen LogP contribution in [0, 0.1) is 0 Å². The highest BCUT2D eigenvalue weighted by Crippen LogP contribution is 2.26. The first kappa shape index (κ1) is 20.2. The summed E-state index contributed by atoms with van der Waals surface area (Å²) in [5.74, 6) is -0.783. The number of hydrogen-bond acceptors (Lipinski definition) is 9. The fourth-order valence-corrected chi connectivity index (χ4v) is 2.72. The molecule has 0 unspecified atom stereocenters. The summed E-state index contributed by atoms with van der Waals surface area (Å²) in [6.07, 6.45) is -5.90. The predicted molar refractivity (Wildman–Crippen MR) is 94.2 cm³/mol. The van der Waals surface area contributed by atoms with Crippen molar-refractivity contribution in [3.05, 3.63) is 59.9 Å². The molecule has 1 saturated heterocycles. The highest BCUT2D eigenvalue weighted by Gasteiger charge is 2.45. The molecule has 1 aromatic heterocycles. The molecular formula is C19H21NO8. The Morgan fingerprint density at radius 2 is 1.79 bits per heavy atom.